The predicted octanol–water partition coefficient (Wildman–Crippen LogP) is 3.87. The molecule has 5 aliphatic rings. The van der Waals surface area contributed by atoms with E-state index in [0.717, 1.165) is 30.4 Å². The topological polar surface area (TPSA) is 75.6 Å². The van der Waals surface area contributed by atoms with Gasteiger partial charge in [-0.3, -0.25) is 9.59 Å². The van der Waals surface area contributed by atoms with Crippen LogP contribution < -0.4 is 10.1 Å². The minimum Gasteiger partial charge on any atom is -0.490 e. The van der Waals surface area contributed by atoms with E-state index in [-0.39, 0.29) is 17.9 Å². The van der Waals surface area contributed by atoms with Crippen LogP contribution in [-0.2, 0) is 4.79 Å². The van der Waals surface area contributed by atoms with Gasteiger partial charge in [0, 0.05) is 11.6 Å². The first kappa shape index (κ1) is 18.0. The predicted molar refractivity (Wildman–Crippen MR) is 104 cm³/mol. The average Bonchev–Trinajstić information content (AvgIpc) is 3.11. The van der Waals surface area contributed by atoms with Gasteiger partial charge < -0.3 is 15.2 Å². The molecule has 4 bridgehead atoms. The third-order valence-corrected chi connectivity index (χ3v) is 7.80. The van der Waals surface area contributed by atoms with Crippen molar-refractivity contribution in [3.05, 3.63) is 29.8 Å². The van der Waals surface area contributed by atoms with Crippen molar-refractivity contribution in [2.45, 2.75) is 63.5 Å². The lowest BCUT2D eigenvalue weighted by Gasteiger charge is -2.32. The highest BCUT2D eigenvalue weighted by Gasteiger charge is 2.54. The molecule has 5 unspecified atom stereocenters. The summed E-state index contributed by atoms with van der Waals surface area (Å²) in [6, 6.07) is 7.79. The van der Waals surface area contributed by atoms with Crippen LogP contribution >= 0.6 is 0 Å². The highest BCUT2D eigenvalue weighted by atomic mass is 16.5. The Morgan fingerprint density at radius 3 is 2.32 bits per heavy atom. The number of nitrogens with one attached hydrogen (secondary N) is 1. The normalized spacial score (nSPS) is 38.4. The molecule has 5 nitrogen and oxygen atoms in total. The molecule has 0 heterocycles. The monoisotopic (exact) mass is 383 g/mol. The van der Waals surface area contributed by atoms with Crippen molar-refractivity contribution >= 4 is 11.9 Å². The van der Waals surface area contributed by atoms with Crippen molar-refractivity contribution in [2.24, 2.45) is 29.6 Å². The van der Waals surface area contributed by atoms with Gasteiger partial charge in [-0.25, -0.2) is 0 Å². The van der Waals surface area contributed by atoms with Gasteiger partial charge >= 0.3 is 5.97 Å². The minimum atomic E-state index is -0.697. The standard InChI is InChI=1S/C23H29NO4/c25-22(24-21-17-10-13-9-16(12-17)20(21)11-13)14-1-5-18(6-2-14)28-19-7-3-15(4-8-19)23(26)27/h1-2,5-6,13,15-17,19-21H,3-4,7-12H2,(H,24,25)(H,26,27). The fourth-order valence-corrected chi connectivity index (χ4v) is 6.50. The van der Waals surface area contributed by atoms with Crippen molar-refractivity contribution in [2.75, 3.05) is 0 Å². The van der Waals surface area contributed by atoms with Crippen LogP contribution in [0.25, 0.3) is 0 Å². The summed E-state index contributed by atoms with van der Waals surface area (Å²) in [6.45, 7) is 0. The number of benzene rings is 1. The Morgan fingerprint density at radius 2 is 1.64 bits per heavy atom. The molecule has 6 rings (SSSR count). The SMILES string of the molecule is O=C(NC1C2CC3CC(C2)C1C3)c1ccc(OC2CCC(C(=O)O)CC2)cc1. The number of hydrogen-bond donors (Lipinski definition) is 2. The Balaban J connectivity index is 1.15. The summed E-state index contributed by atoms with van der Waals surface area (Å²) in [5, 5.41) is 12.4. The van der Waals surface area contributed by atoms with Crippen molar-refractivity contribution in [3.63, 3.8) is 0 Å². The van der Waals surface area contributed by atoms with E-state index in [4.69, 9.17) is 9.84 Å². The van der Waals surface area contributed by atoms with Crippen molar-refractivity contribution < 1.29 is 19.4 Å². The molecule has 0 aromatic heterocycles. The first-order valence-electron chi connectivity index (χ1n) is 10.9. The summed E-state index contributed by atoms with van der Waals surface area (Å²) in [6.07, 6.45) is 8.25. The molecule has 150 valence electrons. The molecule has 5 saturated carbocycles. The summed E-state index contributed by atoms with van der Waals surface area (Å²) >= 11 is 0. The van der Waals surface area contributed by atoms with Gasteiger partial charge in [-0.1, -0.05) is 0 Å². The van der Waals surface area contributed by atoms with Crippen LogP contribution in [0.3, 0.4) is 0 Å². The van der Waals surface area contributed by atoms with Gasteiger partial charge in [0.05, 0.1) is 12.0 Å². The van der Waals surface area contributed by atoms with Crippen LogP contribution in [0.15, 0.2) is 24.3 Å². The van der Waals surface area contributed by atoms with Gasteiger partial charge in [-0.2, -0.15) is 0 Å². The summed E-state index contributed by atoms with van der Waals surface area (Å²) in [5.41, 5.74) is 0.694. The van der Waals surface area contributed by atoms with E-state index < -0.39 is 5.97 Å². The first-order valence-corrected chi connectivity index (χ1v) is 10.9. The van der Waals surface area contributed by atoms with Crippen LogP contribution in [0.1, 0.15) is 61.7 Å². The second-order valence-electron chi connectivity index (χ2n) is 9.45. The largest absolute Gasteiger partial charge is 0.490 e. The Bertz CT molecular complexity index is 748. The Morgan fingerprint density at radius 1 is 0.929 bits per heavy atom. The molecule has 5 aliphatic carbocycles. The number of aliphatic carboxylic acids is 1. The second kappa shape index (κ2) is 7.09. The lowest BCUT2D eigenvalue weighted by atomic mass is 9.79. The molecular formula is C23H29NO4. The molecule has 0 saturated heterocycles. The lowest BCUT2D eigenvalue weighted by Crippen LogP contribution is -2.44. The third kappa shape index (κ3) is 3.29. The lowest BCUT2D eigenvalue weighted by molar-refractivity contribution is -0.143. The summed E-state index contributed by atoms with van der Waals surface area (Å²) in [4.78, 5) is 23.8. The van der Waals surface area contributed by atoms with E-state index in [9.17, 15) is 9.59 Å². The zero-order valence-electron chi connectivity index (χ0n) is 16.2. The molecule has 0 aliphatic heterocycles. The van der Waals surface area contributed by atoms with Gasteiger partial charge in [0.25, 0.3) is 5.91 Å². The van der Waals surface area contributed by atoms with Crippen LogP contribution in [0, 0.1) is 29.6 Å². The molecule has 2 N–H and O–H groups in total. The Hall–Kier alpha value is -2.04. The zero-order valence-corrected chi connectivity index (χ0v) is 16.2. The molecular weight excluding hydrogens is 354 g/mol. The Labute approximate surface area is 165 Å². The van der Waals surface area contributed by atoms with Crippen LogP contribution in [0.5, 0.6) is 5.75 Å². The zero-order chi connectivity index (χ0) is 19.3. The van der Waals surface area contributed by atoms with Gasteiger partial charge in [0.2, 0.25) is 0 Å². The third-order valence-electron chi connectivity index (χ3n) is 7.80. The van der Waals surface area contributed by atoms with Gasteiger partial charge in [0.15, 0.2) is 0 Å². The summed E-state index contributed by atoms with van der Waals surface area (Å²) in [7, 11) is 0. The number of hydrogen-bond acceptors (Lipinski definition) is 3. The number of carbonyl (C=O) groups excluding carboxylic acids is 1. The highest BCUT2D eigenvalue weighted by molar-refractivity contribution is 5.94. The van der Waals surface area contributed by atoms with Crippen LogP contribution in [0.4, 0.5) is 0 Å². The smallest absolute Gasteiger partial charge is 0.306 e. The highest BCUT2D eigenvalue weighted by Crippen LogP contribution is 2.58. The molecule has 0 radical (unpaired) electrons. The van der Waals surface area contributed by atoms with E-state index in [1.165, 1.54) is 25.7 Å². The number of carboxylic acids is 1. The van der Waals surface area contributed by atoms with Gasteiger partial charge in [0.1, 0.15) is 5.75 Å². The van der Waals surface area contributed by atoms with Crippen molar-refractivity contribution in [3.8, 4) is 5.75 Å². The molecule has 1 aromatic rings. The molecule has 5 atom stereocenters. The fraction of sp³-hybridized carbons (Fsp3) is 0.652. The quantitative estimate of drug-likeness (QED) is 0.809. The van der Waals surface area contributed by atoms with Crippen LogP contribution in [0.2, 0.25) is 0 Å². The van der Waals surface area contributed by atoms with Gasteiger partial charge in [-0.05, 0) is 99.3 Å². The number of carboxylic acid groups (broad SMARTS) is 1. The number of amides is 1. The first-order chi connectivity index (χ1) is 13.6. The van der Waals surface area contributed by atoms with E-state index >= 15 is 0 Å². The minimum absolute atomic E-state index is 0.0366. The van der Waals surface area contributed by atoms with E-state index in [1.54, 1.807) is 0 Å². The molecule has 0 spiro atoms. The second-order valence-corrected chi connectivity index (χ2v) is 9.45. The fourth-order valence-electron chi connectivity index (χ4n) is 6.50. The molecule has 1 aromatic carbocycles. The molecule has 5 heteroatoms. The molecule has 1 amide bonds. The average molecular weight is 383 g/mol. The summed E-state index contributed by atoms with van der Waals surface area (Å²) < 4.78 is 6.01. The van der Waals surface area contributed by atoms with Crippen molar-refractivity contribution in [1.82, 2.24) is 5.32 Å². The number of ether oxygens (including phenoxy) is 1. The maximum Gasteiger partial charge on any atom is 0.306 e. The molecule has 28 heavy (non-hydrogen) atoms. The Kier molecular flexibility index (Phi) is 4.56. The summed E-state index contributed by atoms with van der Waals surface area (Å²) in [5.74, 6) is 3.03. The number of carbonyl (C=O) groups is 2. The van der Waals surface area contributed by atoms with Crippen molar-refractivity contribution in [1.29, 1.82) is 0 Å². The maximum atomic E-state index is 12.7. The van der Waals surface area contributed by atoms with Gasteiger partial charge in [-0.15, -0.1) is 0 Å². The van der Waals surface area contributed by atoms with E-state index in [1.807, 2.05) is 24.3 Å². The molecule has 5 fully saturated rings. The van der Waals surface area contributed by atoms with E-state index in [0.29, 0.717) is 36.3 Å². The van der Waals surface area contributed by atoms with Crippen LogP contribution in [-0.4, -0.2) is 29.1 Å². The maximum absolute atomic E-state index is 12.7. The van der Waals surface area contributed by atoms with E-state index in [2.05, 4.69) is 5.32 Å². The number of rotatable bonds is 5.